The van der Waals surface area contributed by atoms with E-state index in [0.717, 1.165) is 0 Å². The van der Waals surface area contributed by atoms with Crippen LogP contribution >= 0.6 is 11.6 Å². The summed E-state index contributed by atoms with van der Waals surface area (Å²) in [6.07, 6.45) is 4.40. The molecule has 0 N–H and O–H groups in total. The minimum Gasteiger partial charge on any atom is -0.266 e. The summed E-state index contributed by atoms with van der Waals surface area (Å²) in [6, 6.07) is 8.04. The van der Waals surface area contributed by atoms with Gasteiger partial charge in [-0.15, -0.1) is 0 Å². The van der Waals surface area contributed by atoms with Gasteiger partial charge in [-0.05, 0) is 51.1 Å². The molecule has 0 saturated carbocycles. The fraction of sp³-hybridized carbons (Fsp3) is 0.263. The van der Waals surface area contributed by atoms with Gasteiger partial charge in [-0.25, -0.2) is 4.21 Å². The lowest BCUT2D eigenvalue weighted by Gasteiger charge is -2.07. The Kier molecular flexibility index (Phi) is 5.66. The number of carbonyl (C=O) groups is 1. The van der Waals surface area contributed by atoms with Gasteiger partial charge in [0.25, 0.3) is 5.91 Å². The predicted molar refractivity (Wildman–Crippen MR) is 101 cm³/mol. The van der Waals surface area contributed by atoms with Crippen LogP contribution in [0.1, 0.15) is 36.7 Å². The van der Waals surface area contributed by atoms with E-state index in [1.54, 1.807) is 36.5 Å². The van der Waals surface area contributed by atoms with Gasteiger partial charge in [-0.2, -0.15) is 4.36 Å². The van der Waals surface area contributed by atoms with E-state index in [-0.39, 0.29) is 11.0 Å². The van der Waals surface area contributed by atoms with Crippen molar-refractivity contribution in [1.29, 1.82) is 0 Å². The Morgan fingerprint density at radius 2 is 1.84 bits per heavy atom. The number of aromatic nitrogens is 1. The van der Waals surface area contributed by atoms with Crippen LogP contribution in [0.2, 0.25) is 5.02 Å². The number of halogens is 1. The number of pyridine rings is 1. The second kappa shape index (κ2) is 7.38. The van der Waals surface area contributed by atoms with Crippen LogP contribution in [0, 0.1) is 17.3 Å². The summed E-state index contributed by atoms with van der Waals surface area (Å²) >= 11 is 5.83. The summed E-state index contributed by atoms with van der Waals surface area (Å²) in [6.45, 7) is 5.99. The van der Waals surface area contributed by atoms with Gasteiger partial charge in [0.05, 0.1) is 15.3 Å². The summed E-state index contributed by atoms with van der Waals surface area (Å²) in [5, 5.41) is 0.527. The molecule has 1 unspecified atom stereocenters. The fourth-order valence-corrected chi connectivity index (χ4v) is 3.13. The Hall–Kier alpha value is -2.16. The van der Waals surface area contributed by atoms with Crippen LogP contribution in [0.25, 0.3) is 0 Å². The maximum absolute atomic E-state index is 12.7. The summed E-state index contributed by atoms with van der Waals surface area (Å²) in [5.41, 5.74) is 0.714. The number of benzene rings is 1. The molecule has 0 saturated heterocycles. The average Bonchev–Trinajstić information content (AvgIpc) is 2.52. The quantitative estimate of drug-likeness (QED) is 0.730. The normalized spacial score (nSPS) is 13.3. The van der Waals surface area contributed by atoms with Gasteiger partial charge in [0.15, 0.2) is 0 Å². The van der Waals surface area contributed by atoms with Crippen molar-refractivity contribution < 1.29 is 9.00 Å². The largest absolute Gasteiger partial charge is 0.286 e. The number of hydrogen-bond acceptors (Lipinski definition) is 3. The molecule has 4 nitrogen and oxygen atoms in total. The van der Waals surface area contributed by atoms with E-state index in [2.05, 4.69) is 21.2 Å². The lowest BCUT2D eigenvalue weighted by Crippen LogP contribution is -2.04. The van der Waals surface area contributed by atoms with Crippen LogP contribution < -0.4 is 0 Å². The third-order valence-corrected chi connectivity index (χ3v) is 4.99. The zero-order valence-electron chi connectivity index (χ0n) is 14.5. The van der Waals surface area contributed by atoms with Gasteiger partial charge in [0.1, 0.15) is 0 Å². The van der Waals surface area contributed by atoms with E-state index in [9.17, 15) is 9.00 Å². The van der Waals surface area contributed by atoms with E-state index in [4.69, 9.17) is 11.6 Å². The molecule has 2 aromatic rings. The molecule has 1 aromatic heterocycles. The molecule has 25 heavy (non-hydrogen) atoms. The maximum Gasteiger partial charge on any atom is 0.286 e. The van der Waals surface area contributed by atoms with Gasteiger partial charge in [0.2, 0.25) is 0 Å². The highest BCUT2D eigenvalue weighted by atomic mass is 35.5. The highest BCUT2D eigenvalue weighted by molar-refractivity contribution is 7.93. The molecular weight excluding hydrogens is 356 g/mol. The first kappa shape index (κ1) is 19.2. The third-order valence-electron chi connectivity index (χ3n) is 3.08. The SMILES string of the molecule is CC(C)(C)C#Cc1cncc(C(=O)N=S(C)(=O)c2ccc(Cl)cc2)c1. The van der Waals surface area contributed by atoms with Gasteiger partial charge < -0.3 is 0 Å². The van der Waals surface area contributed by atoms with Crippen molar-refractivity contribution in [3.05, 3.63) is 58.9 Å². The zero-order chi connectivity index (χ0) is 18.7. The Labute approximate surface area is 153 Å². The number of rotatable bonds is 2. The first-order valence-corrected chi connectivity index (χ1v) is 9.87. The summed E-state index contributed by atoms with van der Waals surface area (Å²) < 4.78 is 16.6. The molecule has 0 aliphatic carbocycles. The molecule has 1 atom stereocenters. The van der Waals surface area contributed by atoms with Crippen LogP contribution in [-0.4, -0.2) is 21.4 Å². The second-order valence-corrected chi connectivity index (χ2v) is 9.31. The van der Waals surface area contributed by atoms with Crippen LogP contribution in [0.5, 0.6) is 0 Å². The number of amides is 1. The smallest absolute Gasteiger partial charge is 0.266 e. The van der Waals surface area contributed by atoms with E-state index in [1.165, 1.54) is 12.5 Å². The van der Waals surface area contributed by atoms with E-state index in [0.29, 0.717) is 15.5 Å². The lowest BCUT2D eigenvalue weighted by molar-refractivity contribution is 0.100. The fourth-order valence-electron chi connectivity index (χ4n) is 1.84. The van der Waals surface area contributed by atoms with Gasteiger partial charge in [-0.1, -0.05) is 23.4 Å². The van der Waals surface area contributed by atoms with Gasteiger partial charge >= 0.3 is 0 Å². The standard InChI is InChI=1S/C19H19ClN2O2S/c1-19(2,3)10-9-14-11-15(13-21-12-14)18(23)22-25(4,24)17-7-5-16(20)6-8-17/h5-8,11-13H,1-4H3. The van der Waals surface area contributed by atoms with Crippen molar-refractivity contribution >= 4 is 27.2 Å². The third kappa shape index (κ3) is 5.70. The number of hydrogen-bond donors (Lipinski definition) is 0. The van der Waals surface area contributed by atoms with Gasteiger partial charge in [0, 0.05) is 39.5 Å². The van der Waals surface area contributed by atoms with Crippen molar-refractivity contribution in [2.45, 2.75) is 25.7 Å². The highest BCUT2D eigenvalue weighted by Gasteiger charge is 2.12. The molecule has 1 amide bonds. The first-order chi connectivity index (χ1) is 11.6. The lowest BCUT2D eigenvalue weighted by atomic mass is 9.97. The molecule has 0 aliphatic heterocycles. The predicted octanol–water partition coefficient (Wildman–Crippen LogP) is 4.43. The summed E-state index contributed by atoms with van der Waals surface area (Å²) in [4.78, 5) is 16.9. The van der Waals surface area contributed by atoms with Crippen molar-refractivity contribution in [2.24, 2.45) is 9.78 Å². The molecule has 1 heterocycles. The molecule has 0 aliphatic rings. The minimum atomic E-state index is -2.87. The monoisotopic (exact) mass is 374 g/mol. The molecule has 1 aromatic carbocycles. The summed E-state index contributed by atoms with van der Waals surface area (Å²) in [5.74, 6) is 5.48. The molecule has 0 fully saturated rings. The second-order valence-electron chi connectivity index (χ2n) is 6.62. The minimum absolute atomic E-state index is 0.156. The first-order valence-electron chi connectivity index (χ1n) is 7.57. The Morgan fingerprint density at radius 1 is 1.20 bits per heavy atom. The van der Waals surface area contributed by atoms with Crippen LogP contribution in [-0.2, 0) is 9.73 Å². The maximum atomic E-state index is 12.7. The summed E-state index contributed by atoms with van der Waals surface area (Å²) in [7, 11) is -2.87. The van der Waals surface area contributed by atoms with Crippen LogP contribution in [0.15, 0.2) is 52.0 Å². The van der Waals surface area contributed by atoms with Crippen LogP contribution in [0.3, 0.4) is 0 Å². The van der Waals surface area contributed by atoms with E-state index >= 15 is 0 Å². The molecule has 6 heteroatoms. The Balaban J connectivity index is 2.35. The molecular formula is C19H19ClN2O2S. The van der Waals surface area contributed by atoms with E-state index in [1.807, 2.05) is 20.8 Å². The number of nitrogens with zero attached hydrogens (tertiary/aromatic N) is 2. The Morgan fingerprint density at radius 3 is 2.44 bits per heavy atom. The highest BCUT2D eigenvalue weighted by Crippen LogP contribution is 2.17. The van der Waals surface area contributed by atoms with Crippen molar-refractivity contribution in [1.82, 2.24) is 4.98 Å². The zero-order valence-corrected chi connectivity index (χ0v) is 16.1. The number of carbonyl (C=O) groups excluding carboxylic acids is 1. The molecule has 2 rings (SSSR count). The van der Waals surface area contributed by atoms with Gasteiger partial charge in [-0.3, -0.25) is 9.78 Å². The molecule has 130 valence electrons. The van der Waals surface area contributed by atoms with Crippen molar-refractivity contribution in [3.8, 4) is 11.8 Å². The Bertz CT molecular complexity index is 971. The average molecular weight is 375 g/mol. The molecule has 0 radical (unpaired) electrons. The molecule has 0 bridgehead atoms. The van der Waals surface area contributed by atoms with Crippen molar-refractivity contribution in [3.63, 3.8) is 0 Å². The van der Waals surface area contributed by atoms with E-state index < -0.39 is 15.6 Å². The topological polar surface area (TPSA) is 59.4 Å². The molecule has 0 spiro atoms. The van der Waals surface area contributed by atoms with Crippen molar-refractivity contribution in [2.75, 3.05) is 6.26 Å². The van der Waals surface area contributed by atoms with Crippen LogP contribution in [0.4, 0.5) is 0 Å².